The molecule has 2 aromatic rings. The SMILES string of the molecule is NCc1ccc(C(=O)Oc2ccc(CC(=O)N3CCOCC3)cc2)cc1. The van der Waals surface area contributed by atoms with Crippen LogP contribution in [0.1, 0.15) is 21.5 Å². The third-order valence-electron chi connectivity index (χ3n) is 4.28. The lowest BCUT2D eigenvalue weighted by atomic mass is 10.1. The van der Waals surface area contributed by atoms with E-state index in [1.807, 2.05) is 4.90 Å². The zero-order valence-electron chi connectivity index (χ0n) is 14.5. The van der Waals surface area contributed by atoms with Gasteiger partial charge in [-0.15, -0.1) is 0 Å². The normalized spacial score (nSPS) is 14.1. The monoisotopic (exact) mass is 354 g/mol. The zero-order valence-corrected chi connectivity index (χ0v) is 14.5. The Balaban J connectivity index is 1.56. The molecule has 1 heterocycles. The quantitative estimate of drug-likeness (QED) is 0.654. The van der Waals surface area contributed by atoms with Gasteiger partial charge in [0.15, 0.2) is 0 Å². The van der Waals surface area contributed by atoms with Crippen LogP contribution >= 0.6 is 0 Å². The number of nitrogens with zero attached hydrogens (tertiary/aromatic N) is 1. The van der Waals surface area contributed by atoms with Crippen molar-refractivity contribution in [2.45, 2.75) is 13.0 Å². The molecule has 0 bridgehead atoms. The van der Waals surface area contributed by atoms with Gasteiger partial charge in [0.05, 0.1) is 25.2 Å². The third kappa shape index (κ3) is 4.68. The van der Waals surface area contributed by atoms with Gasteiger partial charge in [0.25, 0.3) is 0 Å². The largest absolute Gasteiger partial charge is 0.423 e. The molecule has 1 aliphatic heterocycles. The van der Waals surface area contributed by atoms with Crippen LogP contribution in [0, 0.1) is 0 Å². The van der Waals surface area contributed by atoms with Crippen LogP contribution in [-0.4, -0.2) is 43.1 Å². The molecule has 2 aromatic carbocycles. The molecule has 3 rings (SSSR count). The van der Waals surface area contributed by atoms with Crippen molar-refractivity contribution in [3.63, 3.8) is 0 Å². The number of amides is 1. The third-order valence-corrected chi connectivity index (χ3v) is 4.28. The van der Waals surface area contributed by atoms with E-state index >= 15 is 0 Å². The Bertz CT molecular complexity index is 750. The van der Waals surface area contributed by atoms with E-state index in [2.05, 4.69) is 0 Å². The summed E-state index contributed by atoms with van der Waals surface area (Å²) in [6.07, 6.45) is 0.328. The number of benzene rings is 2. The van der Waals surface area contributed by atoms with E-state index < -0.39 is 5.97 Å². The van der Waals surface area contributed by atoms with Crippen LogP contribution in [0.25, 0.3) is 0 Å². The second kappa shape index (κ2) is 8.60. The molecule has 1 saturated heterocycles. The van der Waals surface area contributed by atoms with Gasteiger partial charge in [-0.25, -0.2) is 4.79 Å². The van der Waals surface area contributed by atoms with Crippen LogP contribution < -0.4 is 10.5 Å². The van der Waals surface area contributed by atoms with Gasteiger partial charge in [0, 0.05) is 19.6 Å². The number of carbonyl (C=O) groups is 2. The summed E-state index contributed by atoms with van der Waals surface area (Å²) < 4.78 is 10.6. The molecule has 0 radical (unpaired) electrons. The average Bonchev–Trinajstić information content (AvgIpc) is 2.70. The van der Waals surface area contributed by atoms with E-state index in [4.69, 9.17) is 15.2 Å². The van der Waals surface area contributed by atoms with Gasteiger partial charge >= 0.3 is 5.97 Å². The second-order valence-corrected chi connectivity index (χ2v) is 6.10. The molecule has 1 aliphatic rings. The van der Waals surface area contributed by atoms with Crippen molar-refractivity contribution in [3.05, 3.63) is 65.2 Å². The smallest absolute Gasteiger partial charge is 0.343 e. The predicted octanol–water partition coefficient (Wildman–Crippen LogP) is 1.77. The Morgan fingerprint density at radius 3 is 2.19 bits per heavy atom. The lowest BCUT2D eigenvalue weighted by molar-refractivity contribution is -0.134. The molecule has 0 aromatic heterocycles. The van der Waals surface area contributed by atoms with E-state index in [0.717, 1.165) is 11.1 Å². The molecule has 0 unspecified atom stereocenters. The van der Waals surface area contributed by atoms with E-state index in [1.165, 1.54) is 0 Å². The number of hydrogen-bond donors (Lipinski definition) is 1. The highest BCUT2D eigenvalue weighted by molar-refractivity contribution is 5.91. The molecule has 6 heteroatoms. The van der Waals surface area contributed by atoms with Crippen LogP contribution in [-0.2, 0) is 22.5 Å². The van der Waals surface area contributed by atoms with Gasteiger partial charge in [0.1, 0.15) is 5.75 Å². The molecular weight excluding hydrogens is 332 g/mol. The summed E-state index contributed by atoms with van der Waals surface area (Å²) in [5.41, 5.74) is 7.85. The summed E-state index contributed by atoms with van der Waals surface area (Å²) >= 11 is 0. The Kier molecular flexibility index (Phi) is 5.99. The molecule has 1 fully saturated rings. The first-order valence-corrected chi connectivity index (χ1v) is 8.61. The maximum Gasteiger partial charge on any atom is 0.343 e. The van der Waals surface area contributed by atoms with Gasteiger partial charge < -0.3 is 20.1 Å². The number of nitrogens with two attached hydrogens (primary N) is 1. The minimum absolute atomic E-state index is 0.0815. The maximum absolute atomic E-state index is 12.2. The highest BCUT2D eigenvalue weighted by atomic mass is 16.5. The first-order chi connectivity index (χ1) is 12.7. The van der Waals surface area contributed by atoms with Gasteiger partial charge in [-0.05, 0) is 35.4 Å². The van der Waals surface area contributed by atoms with Crippen LogP contribution in [0.15, 0.2) is 48.5 Å². The van der Waals surface area contributed by atoms with Crippen molar-refractivity contribution in [1.29, 1.82) is 0 Å². The Hall–Kier alpha value is -2.70. The minimum Gasteiger partial charge on any atom is -0.423 e. The van der Waals surface area contributed by atoms with E-state index in [9.17, 15) is 9.59 Å². The summed E-state index contributed by atoms with van der Waals surface area (Å²) in [5.74, 6) is 0.101. The van der Waals surface area contributed by atoms with Crippen molar-refractivity contribution < 1.29 is 19.1 Å². The van der Waals surface area contributed by atoms with Crippen molar-refractivity contribution in [1.82, 2.24) is 4.90 Å². The van der Waals surface area contributed by atoms with Crippen LogP contribution in [0.2, 0.25) is 0 Å². The zero-order chi connectivity index (χ0) is 18.4. The average molecular weight is 354 g/mol. The molecule has 0 atom stereocenters. The van der Waals surface area contributed by atoms with E-state index in [1.54, 1.807) is 48.5 Å². The molecule has 26 heavy (non-hydrogen) atoms. The molecule has 0 saturated carbocycles. The highest BCUT2D eigenvalue weighted by Gasteiger charge is 2.17. The van der Waals surface area contributed by atoms with Crippen molar-refractivity contribution in [2.24, 2.45) is 5.73 Å². The second-order valence-electron chi connectivity index (χ2n) is 6.10. The van der Waals surface area contributed by atoms with Gasteiger partial charge in [-0.3, -0.25) is 4.79 Å². The highest BCUT2D eigenvalue weighted by Crippen LogP contribution is 2.16. The Labute approximate surface area is 152 Å². The molecule has 1 amide bonds. The van der Waals surface area contributed by atoms with Crippen molar-refractivity contribution >= 4 is 11.9 Å². The number of hydrogen-bond acceptors (Lipinski definition) is 5. The van der Waals surface area contributed by atoms with Crippen molar-refractivity contribution in [3.8, 4) is 5.75 Å². The summed E-state index contributed by atoms with van der Waals surface area (Å²) in [4.78, 5) is 26.2. The van der Waals surface area contributed by atoms with Crippen LogP contribution in [0.4, 0.5) is 0 Å². The number of carbonyl (C=O) groups excluding carboxylic acids is 2. The summed E-state index contributed by atoms with van der Waals surface area (Å²) in [5, 5.41) is 0. The van der Waals surface area contributed by atoms with E-state index in [-0.39, 0.29) is 5.91 Å². The van der Waals surface area contributed by atoms with E-state index in [0.29, 0.717) is 50.6 Å². The molecule has 6 nitrogen and oxygen atoms in total. The van der Waals surface area contributed by atoms with Gasteiger partial charge in [0.2, 0.25) is 5.91 Å². The first-order valence-electron chi connectivity index (χ1n) is 8.61. The summed E-state index contributed by atoms with van der Waals surface area (Å²) in [7, 11) is 0. The summed E-state index contributed by atoms with van der Waals surface area (Å²) in [6.45, 7) is 2.88. The molecular formula is C20H22N2O4. The first kappa shape index (κ1) is 18.1. The van der Waals surface area contributed by atoms with Crippen LogP contribution in [0.5, 0.6) is 5.75 Å². The fourth-order valence-corrected chi connectivity index (χ4v) is 2.72. The van der Waals surface area contributed by atoms with Crippen molar-refractivity contribution in [2.75, 3.05) is 26.3 Å². The molecule has 0 aliphatic carbocycles. The lowest BCUT2D eigenvalue weighted by Crippen LogP contribution is -2.41. The molecule has 2 N–H and O–H groups in total. The number of ether oxygens (including phenoxy) is 2. The fourth-order valence-electron chi connectivity index (χ4n) is 2.72. The number of rotatable bonds is 5. The number of esters is 1. The minimum atomic E-state index is -0.425. The number of morpholine rings is 1. The topological polar surface area (TPSA) is 81.9 Å². The standard InChI is InChI=1S/C20H22N2O4/c21-14-16-1-5-17(6-2-16)20(24)26-18-7-3-15(4-8-18)13-19(23)22-9-11-25-12-10-22/h1-8H,9-14,21H2. The Morgan fingerprint density at radius 1 is 0.962 bits per heavy atom. The predicted molar refractivity (Wildman–Crippen MR) is 96.8 cm³/mol. The molecule has 136 valence electrons. The van der Waals surface area contributed by atoms with Gasteiger partial charge in [-0.2, -0.15) is 0 Å². The molecule has 0 spiro atoms. The Morgan fingerprint density at radius 2 is 1.58 bits per heavy atom. The summed E-state index contributed by atoms with van der Waals surface area (Å²) in [6, 6.07) is 14.0. The maximum atomic E-state index is 12.2. The van der Waals surface area contributed by atoms with Gasteiger partial charge in [-0.1, -0.05) is 24.3 Å². The van der Waals surface area contributed by atoms with Crippen LogP contribution in [0.3, 0.4) is 0 Å². The fraction of sp³-hybridized carbons (Fsp3) is 0.300. The lowest BCUT2D eigenvalue weighted by Gasteiger charge is -2.26.